The predicted molar refractivity (Wildman–Crippen MR) is 108 cm³/mol. The first-order valence-electron chi connectivity index (χ1n) is 9.59. The highest BCUT2D eigenvalue weighted by Crippen LogP contribution is 2.21. The second kappa shape index (κ2) is 9.47. The van der Waals surface area contributed by atoms with Gasteiger partial charge in [0.1, 0.15) is 0 Å². The van der Waals surface area contributed by atoms with Gasteiger partial charge in [0.25, 0.3) is 0 Å². The molecule has 0 spiro atoms. The summed E-state index contributed by atoms with van der Waals surface area (Å²) >= 11 is 0. The highest BCUT2D eigenvalue weighted by atomic mass is 32.2. The van der Waals surface area contributed by atoms with Crippen molar-refractivity contribution in [3.05, 3.63) is 35.9 Å². The fourth-order valence-corrected chi connectivity index (χ4v) is 4.26. The van der Waals surface area contributed by atoms with Gasteiger partial charge in [0.2, 0.25) is 10.0 Å². The molecule has 1 fully saturated rings. The summed E-state index contributed by atoms with van der Waals surface area (Å²) in [5.74, 6) is -0.767. The van der Waals surface area contributed by atoms with Crippen LogP contribution < -0.4 is 0 Å². The van der Waals surface area contributed by atoms with E-state index in [4.69, 9.17) is 4.74 Å². The average Bonchev–Trinajstić information content (AvgIpc) is 2.94. The van der Waals surface area contributed by atoms with Crippen LogP contribution in [0.1, 0.15) is 52.0 Å². The lowest BCUT2D eigenvalue weighted by molar-refractivity contribution is -0.145. The Balaban J connectivity index is 1.97. The maximum atomic E-state index is 12.7. The molecule has 0 atom stereocenters. The van der Waals surface area contributed by atoms with E-state index in [1.165, 1.54) is 12.2 Å². The van der Waals surface area contributed by atoms with E-state index in [9.17, 15) is 18.0 Å². The summed E-state index contributed by atoms with van der Waals surface area (Å²) in [5.41, 5.74) is 0.118. The van der Waals surface area contributed by atoms with Crippen LogP contribution >= 0.6 is 0 Å². The van der Waals surface area contributed by atoms with Gasteiger partial charge in [-0.05, 0) is 36.6 Å². The van der Waals surface area contributed by atoms with Crippen molar-refractivity contribution in [1.82, 2.24) is 4.31 Å². The zero-order valence-corrected chi connectivity index (χ0v) is 17.6. The van der Waals surface area contributed by atoms with Gasteiger partial charge in [-0.2, -0.15) is 4.31 Å². The lowest BCUT2D eigenvalue weighted by atomic mass is 9.91. The molecule has 0 aliphatic carbocycles. The number of rotatable bonds is 6. The molecule has 0 unspecified atom stereocenters. The second-order valence-electron chi connectivity index (χ2n) is 8.00. The van der Waals surface area contributed by atoms with Gasteiger partial charge in [-0.3, -0.25) is 4.79 Å². The highest BCUT2D eigenvalue weighted by Gasteiger charge is 2.25. The molecule has 1 saturated heterocycles. The number of sulfonamides is 1. The third kappa shape index (κ3) is 6.27. The normalized spacial score (nSPS) is 16.7. The van der Waals surface area contributed by atoms with Crippen molar-refractivity contribution >= 4 is 27.9 Å². The number of ether oxygens (including phenoxy) is 1. The first kappa shape index (κ1) is 22.3. The monoisotopic (exact) mass is 407 g/mol. The summed E-state index contributed by atoms with van der Waals surface area (Å²) in [4.78, 5) is 23.8. The zero-order valence-electron chi connectivity index (χ0n) is 16.8. The molecule has 0 saturated carbocycles. The molecule has 1 aliphatic rings. The summed E-state index contributed by atoms with van der Waals surface area (Å²) in [6.07, 6.45) is 6.67. The first-order chi connectivity index (χ1) is 13.1. The Kier molecular flexibility index (Phi) is 7.55. The van der Waals surface area contributed by atoms with E-state index < -0.39 is 21.4 Å². The average molecular weight is 408 g/mol. The predicted octanol–water partition coefficient (Wildman–Crippen LogP) is 3.42. The minimum absolute atomic E-state index is 0.155. The molecule has 6 nitrogen and oxygen atoms in total. The molecule has 1 aromatic carbocycles. The molecule has 0 aromatic heterocycles. The highest BCUT2D eigenvalue weighted by molar-refractivity contribution is 7.89. The topological polar surface area (TPSA) is 80.8 Å². The molecule has 154 valence electrons. The number of ketones is 1. The lowest BCUT2D eigenvalue weighted by Crippen LogP contribution is -2.31. The fraction of sp³-hybridized carbons (Fsp3) is 0.524. The van der Waals surface area contributed by atoms with Crippen LogP contribution in [0.3, 0.4) is 0 Å². The summed E-state index contributed by atoms with van der Waals surface area (Å²) < 4.78 is 32.0. The molecule has 1 aromatic rings. The van der Waals surface area contributed by atoms with Crippen LogP contribution in [0.5, 0.6) is 0 Å². The number of Topliss-reactive ketones (excluding diaryl/α,β-unsaturated/α-hetero) is 1. The van der Waals surface area contributed by atoms with Gasteiger partial charge in [0, 0.05) is 24.6 Å². The second-order valence-corrected chi connectivity index (χ2v) is 9.94. The van der Waals surface area contributed by atoms with E-state index in [1.54, 1.807) is 49.3 Å². The van der Waals surface area contributed by atoms with Crippen LogP contribution in [0.2, 0.25) is 0 Å². The number of hydrogen-bond donors (Lipinski definition) is 0. The van der Waals surface area contributed by atoms with Crippen molar-refractivity contribution in [2.24, 2.45) is 5.41 Å². The van der Waals surface area contributed by atoms with E-state index in [-0.39, 0.29) is 17.3 Å². The van der Waals surface area contributed by atoms with E-state index in [1.807, 2.05) is 0 Å². The van der Waals surface area contributed by atoms with Gasteiger partial charge in [-0.25, -0.2) is 13.2 Å². The Hall–Kier alpha value is -1.99. The Morgan fingerprint density at radius 2 is 1.61 bits per heavy atom. The molecular weight excluding hydrogens is 378 g/mol. The van der Waals surface area contributed by atoms with Gasteiger partial charge in [-0.1, -0.05) is 45.7 Å². The van der Waals surface area contributed by atoms with Gasteiger partial charge in [0.15, 0.2) is 12.4 Å². The third-order valence-electron chi connectivity index (χ3n) is 4.68. The molecule has 28 heavy (non-hydrogen) atoms. The minimum Gasteiger partial charge on any atom is -0.455 e. The summed E-state index contributed by atoms with van der Waals surface area (Å²) in [6.45, 7) is 6.15. The van der Waals surface area contributed by atoms with Crippen LogP contribution in [0.25, 0.3) is 6.08 Å². The minimum atomic E-state index is -3.49. The molecule has 1 aliphatic heterocycles. The van der Waals surface area contributed by atoms with E-state index in [0.29, 0.717) is 18.7 Å². The maximum Gasteiger partial charge on any atom is 0.331 e. The summed E-state index contributed by atoms with van der Waals surface area (Å²) in [5, 5.41) is 0. The van der Waals surface area contributed by atoms with Gasteiger partial charge < -0.3 is 4.74 Å². The third-order valence-corrected chi connectivity index (χ3v) is 6.59. The van der Waals surface area contributed by atoms with Crippen molar-refractivity contribution in [3.8, 4) is 0 Å². The van der Waals surface area contributed by atoms with Crippen LogP contribution in [0, 0.1) is 5.41 Å². The van der Waals surface area contributed by atoms with Gasteiger partial charge in [-0.15, -0.1) is 0 Å². The Bertz CT molecular complexity index is 811. The standard InChI is InChI=1S/C21H29NO5S/c1-21(2,3)19(23)16-27-20(24)13-10-17-8-11-18(12-9-17)28(25,26)22-14-6-4-5-7-15-22/h8-13H,4-7,14-16H2,1-3H3/b13-10+. The number of nitrogens with zero attached hydrogens (tertiary/aromatic N) is 1. The molecule has 1 heterocycles. The smallest absolute Gasteiger partial charge is 0.331 e. The molecule has 0 bridgehead atoms. The van der Waals surface area contributed by atoms with Crippen molar-refractivity contribution < 1.29 is 22.7 Å². The number of benzene rings is 1. The Morgan fingerprint density at radius 1 is 1.04 bits per heavy atom. The summed E-state index contributed by atoms with van der Waals surface area (Å²) in [7, 11) is -3.49. The first-order valence-corrected chi connectivity index (χ1v) is 11.0. The van der Waals surface area contributed by atoms with Gasteiger partial charge >= 0.3 is 5.97 Å². The van der Waals surface area contributed by atoms with Crippen molar-refractivity contribution in [1.29, 1.82) is 0 Å². The maximum absolute atomic E-state index is 12.7. The van der Waals surface area contributed by atoms with E-state index >= 15 is 0 Å². The quantitative estimate of drug-likeness (QED) is 0.533. The van der Waals surface area contributed by atoms with Crippen LogP contribution in [-0.4, -0.2) is 44.2 Å². The number of carbonyl (C=O) groups excluding carboxylic acids is 2. The Labute approximate surface area is 167 Å². The van der Waals surface area contributed by atoms with Crippen LogP contribution in [0.4, 0.5) is 0 Å². The van der Waals surface area contributed by atoms with Crippen LogP contribution in [0.15, 0.2) is 35.2 Å². The van der Waals surface area contributed by atoms with Crippen molar-refractivity contribution in [2.75, 3.05) is 19.7 Å². The van der Waals surface area contributed by atoms with Crippen LogP contribution in [-0.2, 0) is 24.3 Å². The summed E-state index contributed by atoms with van der Waals surface area (Å²) in [6, 6.07) is 6.40. The SMILES string of the molecule is CC(C)(C)C(=O)COC(=O)/C=C/c1ccc(S(=O)(=O)N2CCCCCC2)cc1. The van der Waals surface area contributed by atoms with Crippen molar-refractivity contribution in [3.63, 3.8) is 0 Å². The molecule has 0 N–H and O–H groups in total. The Morgan fingerprint density at radius 3 is 2.14 bits per heavy atom. The fourth-order valence-electron chi connectivity index (χ4n) is 2.75. The molecule has 2 rings (SSSR count). The largest absolute Gasteiger partial charge is 0.455 e. The number of carbonyl (C=O) groups is 2. The lowest BCUT2D eigenvalue weighted by Gasteiger charge is -2.19. The molecular formula is C21H29NO5S. The van der Waals surface area contributed by atoms with Crippen molar-refractivity contribution in [2.45, 2.75) is 51.3 Å². The number of hydrogen-bond acceptors (Lipinski definition) is 5. The molecule has 0 amide bonds. The molecule has 0 radical (unpaired) electrons. The van der Waals surface area contributed by atoms with Gasteiger partial charge in [0.05, 0.1) is 4.90 Å². The van der Waals surface area contributed by atoms with E-state index in [0.717, 1.165) is 25.7 Å². The molecule has 7 heteroatoms. The van der Waals surface area contributed by atoms with E-state index in [2.05, 4.69) is 0 Å². The number of esters is 1. The zero-order chi connectivity index (χ0) is 20.8.